The van der Waals surface area contributed by atoms with E-state index in [1.54, 1.807) is 42.5 Å². The summed E-state index contributed by atoms with van der Waals surface area (Å²) >= 11 is 0. The number of pyridine rings is 2. The molecule has 3 aromatic heterocycles. The summed E-state index contributed by atoms with van der Waals surface area (Å²) in [4.78, 5) is 34.9. The first-order valence-electron chi connectivity index (χ1n) is 8.54. The molecule has 0 aliphatic carbocycles. The molecule has 0 aliphatic heterocycles. The van der Waals surface area contributed by atoms with Crippen LogP contribution in [0.4, 0.5) is 13.2 Å². The third kappa shape index (κ3) is 3.54. The van der Waals surface area contributed by atoms with Crippen LogP contribution in [-0.2, 0) is 12.7 Å². The molecule has 4 rings (SSSR count). The Morgan fingerprint density at radius 2 is 1.79 bits per heavy atom. The molecule has 1 N–H and O–H groups in total. The number of hydrogen-bond donors (Lipinski definition) is 1. The van der Waals surface area contributed by atoms with Crippen LogP contribution < -0.4 is 11.2 Å². The van der Waals surface area contributed by atoms with Gasteiger partial charge in [0.2, 0.25) is 0 Å². The van der Waals surface area contributed by atoms with Crippen LogP contribution in [0.25, 0.3) is 22.3 Å². The minimum absolute atomic E-state index is 0.0373. The number of nitrogens with one attached hydrogen (secondary N) is 1. The third-order valence-corrected chi connectivity index (χ3v) is 4.39. The van der Waals surface area contributed by atoms with Gasteiger partial charge in [0.25, 0.3) is 5.56 Å². The largest absolute Gasteiger partial charge is 0.417 e. The van der Waals surface area contributed by atoms with Gasteiger partial charge in [0.05, 0.1) is 23.2 Å². The average Bonchev–Trinajstić information content (AvgIpc) is 2.71. The predicted molar refractivity (Wildman–Crippen MR) is 100 cm³/mol. The molecule has 0 aliphatic rings. The second kappa shape index (κ2) is 7.01. The van der Waals surface area contributed by atoms with Crippen molar-refractivity contribution in [2.45, 2.75) is 12.7 Å². The average molecular weight is 398 g/mol. The number of aromatic nitrogens is 4. The van der Waals surface area contributed by atoms with Crippen LogP contribution >= 0.6 is 0 Å². The number of H-pyrrole nitrogens is 1. The molecule has 29 heavy (non-hydrogen) atoms. The third-order valence-electron chi connectivity index (χ3n) is 4.39. The van der Waals surface area contributed by atoms with E-state index in [0.717, 1.165) is 10.6 Å². The van der Waals surface area contributed by atoms with Gasteiger partial charge in [0.1, 0.15) is 0 Å². The lowest BCUT2D eigenvalue weighted by Gasteiger charge is -2.15. The van der Waals surface area contributed by atoms with Crippen molar-refractivity contribution in [3.8, 4) is 11.3 Å². The van der Waals surface area contributed by atoms with Crippen molar-refractivity contribution in [1.82, 2.24) is 19.5 Å². The van der Waals surface area contributed by atoms with Crippen molar-refractivity contribution >= 4 is 11.0 Å². The van der Waals surface area contributed by atoms with Crippen LogP contribution in [0.5, 0.6) is 0 Å². The maximum Gasteiger partial charge on any atom is 0.417 e. The summed E-state index contributed by atoms with van der Waals surface area (Å²) < 4.78 is 42.3. The molecule has 0 unspecified atom stereocenters. The Hall–Kier alpha value is -3.75. The molecule has 0 fully saturated rings. The van der Waals surface area contributed by atoms with Crippen molar-refractivity contribution in [2.24, 2.45) is 0 Å². The Morgan fingerprint density at radius 3 is 2.45 bits per heavy atom. The number of rotatable bonds is 3. The van der Waals surface area contributed by atoms with Gasteiger partial charge in [-0.1, -0.05) is 30.3 Å². The molecule has 1 aromatic carbocycles. The quantitative estimate of drug-likeness (QED) is 0.575. The van der Waals surface area contributed by atoms with Gasteiger partial charge >= 0.3 is 11.9 Å². The molecule has 146 valence electrons. The Labute approximate surface area is 161 Å². The highest BCUT2D eigenvalue weighted by Gasteiger charge is 2.35. The normalized spacial score (nSPS) is 11.7. The van der Waals surface area contributed by atoms with E-state index in [-0.39, 0.29) is 17.9 Å². The monoisotopic (exact) mass is 398 g/mol. The highest BCUT2D eigenvalue weighted by Crippen LogP contribution is 2.35. The maximum absolute atomic E-state index is 13.8. The predicted octanol–water partition coefficient (Wildman–Crippen LogP) is 3.21. The zero-order valence-corrected chi connectivity index (χ0v) is 14.8. The molecule has 4 aromatic rings. The zero-order chi connectivity index (χ0) is 20.6. The topological polar surface area (TPSA) is 80.6 Å². The van der Waals surface area contributed by atoms with Gasteiger partial charge in [-0.25, -0.2) is 9.78 Å². The Bertz CT molecular complexity index is 1300. The van der Waals surface area contributed by atoms with E-state index < -0.39 is 28.4 Å². The number of hydrogen-bond acceptors (Lipinski definition) is 4. The second-order valence-electron chi connectivity index (χ2n) is 6.32. The molecule has 0 amide bonds. The van der Waals surface area contributed by atoms with Crippen molar-refractivity contribution in [1.29, 1.82) is 0 Å². The summed E-state index contributed by atoms with van der Waals surface area (Å²) in [6.07, 6.45) is -1.98. The summed E-state index contributed by atoms with van der Waals surface area (Å²) in [5, 5.41) is -0.680. The van der Waals surface area contributed by atoms with Crippen molar-refractivity contribution in [3.05, 3.63) is 92.9 Å². The Kier molecular flexibility index (Phi) is 4.50. The van der Waals surface area contributed by atoms with Crippen LogP contribution in [0.1, 0.15) is 11.1 Å². The van der Waals surface area contributed by atoms with Gasteiger partial charge in [-0.2, -0.15) is 13.2 Å². The highest BCUT2D eigenvalue weighted by atomic mass is 19.4. The standard InChI is InChI=1S/C20H13F3N4O2/c21-20(22,23)14-9-15(13-7-4-8-24-10-13)25-17-16(14)18(28)26-19(29)27(17)11-12-5-2-1-3-6-12/h1-10H,11H2,(H,26,28,29). The summed E-state index contributed by atoms with van der Waals surface area (Å²) in [5.41, 5.74) is -2.50. The van der Waals surface area contributed by atoms with Crippen molar-refractivity contribution in [3.63, 3.8) is 0 Å². The van der Waals surface area contributed by atoms with Gasteiger partial charge in [-0.05, 0) is 23.8 Å². The smallest absolute Gasteiger partial charge is 0.273 e. The first-order valence-corrected chi connectivity index (χ1v) is 8.54. The second-order valence-corrected chi connectivity index (χ2v) is 6.32. The number of benzene rings is 1. The number of aromatic amines is 1. The molecule has 6 nitrogen and oxygen atoms in total. The van der Waals surface area contributed by atoms with Crippen LogP contribution in [0.2, 0.25) is 0 Å². The fourth-order valence-electron chi connectivity index (χ4n) is 3.07. The molecule has 0 atom stereocenters. The molecule has 0 spiro atoms. The Morgan fingerprint density at radius 1 is 1.03 bits per heavy atom. The summed E-state index contributed by atoms with van der Waals surface area (Å²) in [5.74, 6) is 0. The van der Waals surface area contributed by atoms with Gasteiger partial charge in [-0.3, -0.25) is 19.3 Å². The highest BCUT2D eigenvalue weighted by molar-refractivity contribution is 5.82. The number of fused-ring (bicyclic) bond motifs is 1. The van der Waals surface area contributed by atoms with Gasteiger partial charge < -0.3 is 0 Å². The zero-order valence-electron chi connectivity index (χ0n) is 14.8. The molecule has 0 saturated carbocycles. The number of halogens is 3. The molecule has 3 heterocycles. The van der Waals surface area contributed by atoms with E-state index >= 15 is 0 Å². The lowest BCUT2D eigenvalue weighted by molar-refractivity contribution is -0.136. The number of alkyl halides is 3. The first-order chi connectivity index (χ1) is 13.8. The summed E-state index contributed by atoms with van der Waals surface area (Å²) in [6.45, 7) is -0.0479. The fourth-order valence-corrected chi connectivity index (χ4v) is 3.07. The van der Waals surface area contributed by atoms with E-state index in [4.69, 9.17) is 0 Å². The van der Waals surface area contributed by atoms with Crippen molar-refractivity contribution in [2.75, 3.05) is 0 Å². The van der Waals surface area contributed by atoms with E-state index in [2.05, 4.69) is 9.97 Å². The summed E-state index contributed by atoms with van der Waals surface area (Å²) in [7, 11) is 0. The maximum atomic E-state index is 13.8. The number of nitrogens with zero attached hydrogens (tertiary/aromatic N) is 3. The van der Waals surface area contributed by atoms with Crippen molar-refractivity contribution < 1.29 is 13.2 Å². The van der Waals surface area contributed by atoms with Crippen LogP contribution in [-0.4, -0.2) is 19.5 Å². The van der Waals surface area contributed by atoms with Crippen LogP contribution in [0.15, 0.2) is 70.5 Å². The van der Waals surface area contributed by atoms with Gasteiger partial charge in [0.15, 0.2) is 5.65 Å². The molecular weight excluding hydrogens is 385 g/mol. The molecule has 0 radical (unpaired) electrons. The van der Waals surface area contributed by atoms with Crippen LogP contribution in [0, 0.1) is 0 Å². The van der Waals surface area contributed by atoms with Gasteiger partial charge in [-0.15, -0.1) is 0 Å². The SMILES string of the molecule is O=c1[nH]c(=O)n(Cc2ccccc2)c2nc(-c3cccnc3)cc(C(F)(F)F)c12. The van der Waals surface area contributed by atoms with E-state index in [9.17, 15) is 22.8 Å². The Balaban J connectivity index is 2.08. The van der Waals surface area contributed by atoms with Crippen LogP contribution in [0.3, 0.4) is 0 Å². The minimum Gasteiger partial charge on any atom is -0.273 e. The van der Waals surface area contributed by atoms with E-state index in [1.165, 1.54) is 12.4 Å². The van der Waals surface area contributed by atoms with E-state index in [1.807, 2.05) is 4.98 Å². The summed E-state index contributed by atoms with van der Waals surface area (Å²) in [6, 6.07) is 12.6. The van der Waals surface area contributed by atoms with E-state index in [0.29, 0.717) is 11.1 Å². The molecular formula is C20H13F3N4O2. The first kappa shape index (κ1) is 18.6. The van der Waals surface area contributed by atoms with Gasteiger partial charge in [0, 0.05) is 18.0 Å². The minimum atomic E-state index is -4.82. The lowest BCUT2D eigenvalue weighted by atomic mass is 10.1. The fraction of sp³-hybridized carbons (Fsp3) is 0.100. The molecule has 0 bridgehead atoms. The molecule has 9 heteroatoms. The molecule has 0 saturated heterocycles. The lowest BCUT2D eigenvalue weighted by Crippen LogP contribution is -2.32.